The first kappa shape index (κ1) is 22.0. The van der Waals surface area contributed by atoms with E-state index in [1.165, 1.54) is 11.1 Å². The summed E-state index contributed by atoms with van der Waals surface area (Å²) >= 11 is 0. The average molecular weight is 364 g/mol. The van der Waals surface area contributed by atoms with Crippen molar-refractivity contribution in [3.8, 4) is 5.75 Å². The van der Waals surface area contributed by atoms with Crippen molar-refractivity contribution >= 4 is 17.6 Å². The van der Waals surface area contributed by atoms with Gasteiger partial charge in [0, 0.05) is 6.08 Å². The van der Waals surface area contributed by atoms with Gasteiger partial charge in [0.2, 0.25) is 0 Å². The van der Waals surface area contributed by atoms with Gasteiger partial charge in [-0.2, -0.15) is 0 Å². The largest absolute Gasteiger partial charge is 0.508 e. The molecular formula is C24H28O3. The van der Waals surface area contributed by atoms with E-state index in [0.29, 0.717) is 5.75 Å². The van der Waals surface area contributed by atoms with E-state index in [2.05, 4.69) is 37.8 Å². The Hall–Kier alpha value is -3.07. The maximum atomic E-state index is 10.5. The van der Waals surface area contributed by atoms with Gasteiger partial charge in [-0.3, -0.25) is 0 Å². The second-order valence-electron chi connectivity index (χ2n) is 6.90. The first-order chi connectivity index (χ1) is 12.7. The first-order valence-corrected chi connectivity index (χ1v) is 8.76. The number of carbonyl (C=O) groups is 1. The van der Waals surface area contributed by atoms with Crippen LogP contribution in [0.25, 0.3) is 11.6 Å². The van der Waals surface area contributed by atoms with E-state index in [0.717, 1.165) is 11.6 Å². The van der Waals surface area contributed by atoms with Crippen molar-refractivity contribution < 1.29 is 14.6 Å². The minimum Gasteiger partial charge on any atom is -0.508 e. The highest BCUT2D eigenvalue weighted by molar-refractivity contribution is 5.81. The van der Waals surface area contributed by atoms with Gasteiger partial charge in [0.15, 0.2) is 0 Å². The molecule has 2 aromatic rings. The molecule has 0 aromatic heterocycles. The normalized spacial score (nSPS) is 11.5. The molecule has 0 aliphatic rings. The van der Waals surface area contributed by atoms with Gasteiger partial charge >= 0.3 is 5.97 Å². The molecule has 2 rings (SSSR count). The van der Waals surface area contributed by atoms with Crippen LogP contribution in [-0.4, -0.2) is 16.7 Å². The Morgan fingerprint density at radius 3 is 2.11 bits per heavy atom. The maximum Gasteiger partial charge on any atom is 0.330 e. The molecular weight excluding hydrogens is 336 g/mol. The quantitative estimate of drug-likeness (QED) is 0.410. The Balaban J connectivity index is 0.000000345. The molecule has 0 bridgehead atoms. The molecule has 142 valence electrons. The number of hydrogen-bond donors (Lipinski definition) is 1. The summed E-state index contributed by atoms with van der Waals surface area (Å²) in [7, 11) is 0. The number of hydrogen-bond acceptors (Lipinski definition) is 3. The number of rotatable bonds is 4. The SMILES string of the molecule is C=CC(=O)OC(C)(C)C.CC(=CC=Cc1ccccc1)c1ccc(O)cc1. The lowest BCUT2D eigenvalue weighted by molar-refractivity contribution is -0.148. The van der Waals surface area contributed by atoms with Crippen LogP contribution >= 0.6 is 0 Å². The van der Waals surface area contributed by atoms with Crippen LogP contribution in [0.3, 0.4) is 0 Å². The standard InChI is InChI=1S/C17H16O.C7H12O2/c1-14(16-10-12-17(18)13-11-16)6-5-9-15-7-3-2-4-8-15;1-5-6(8)9-7(2,3)4/h2-13,18H,1H3;5H,1H2,2-4H3. The highest BCUT2D eigenvalue weighted by atomic mass is 16.6. The number of phenolic OH excluding ortho intramolecular Hbond substituents is 1. The average Bonchev–Trinajstić information content (AvgIpc) is 2.62. The van der Waals surface area contributed by atoms with E-state index < -0.39 is 5.60 Å². The summed E-state index contributed by atoms with van der Waals surface area (Å²) in [6, 6.07) is 17.4. The van der Waals surface area contributed by atoms with E-state index >= 15 is 0 Å². The minimum absolute atomic E-state index is 0.298. The second-order valence-corrected chi connectivity index (χ2v) is 6.90. The summed E-state index contributed by atoms with van der Waals surface area (Å²) in [5.41, 5.74) is 3.07. The topological polar surface area (TPSA) is 46.5 Å². The van der Waals surface area contributed by atoms with Gasteiger partial charge in [-0.05, 0) is 56.5 Å². The molecule has 2 aromatic carbocycles. The maximum absolute atomic E-state index is 10.5. The molecule has 0 saturated heterocycles. The van der Waals surface area contributed by atoms with E-state index in [9.17, 15) is 9.90 Å². The van der Waals surface area contributed by atoms with Crippen LogP contribution in [0, 0.1) is 0 Å². The van der Waals surface area contributed by atoms with Crippen molar-refractivity contribution in [3.05, 3.63) is 90.5 Å². The van der Waals surface area contributed by atoms with Crippen molar-refractivity contribution in [3.63, 3.8) is 0 Å². The van der Waals surface area contributed by atoms with E-state index in [1.807, 2.05) is 57.2 Å². The van der Waals surface area contributed by atoms with E-state index in [-0.39, 0.29) is 5.97 Å². The van der Waals surface area contributed by atoms with Gasteiger partial charge in [-0.1, -0.05) is 67.3 Å². The fourth-order valence-corrected chi connectivity index (χ4v) is 2.03. The lowest BCUT2D eigenvalue weighted by atomic mass is 10.1. The summed E-state index contributed by atoms with van der Waals surface area (Å²) in [6.45, 7) is 10.8. The Morgan fingerprint density at radius 2 is 1.63 bits per heavy atom. The van der Waals surface area contributed by atoms with Crippen molar-refractivity contribution in [2.24, 2.45) is 0 Å². The second kappa shape index (κ2) is 10.8. The number of benzene rings is 2. The molecule has 3 nitrogen and oxygen atoms in total. The van der Waals surface area contributed by atoms with Crippen molar-refractivity contribution in [2.45, 2.75) is 33.3 Å². The zero-order chi connectivity index (χ0) is 20.3. The molecule has 0 radical (unpaired) electrons. The lowest BCUT2D eigenvalue weighted by Crippen LogP contribution is -2.22. The molecule has 0 atom stereocenters. The van der Waals surface area contributed by atoms with E-state index in [4.69, 9.17) is 4.74 Å². The van der Waals surface area contributed by atoms with Crippen molar-refractivity contribution in [1.82, 2.24) is 0 Å². The van der Waals surface area contributed by atoms with Crippen LogP contribution in [0.2, 0.25) is 0 Å². The smallest absolute Gasteiger partial charge is 0.330 e. The molecule has 27 heavy (non-hydrogen) atoms. The molecule has 0 amide bonds. The molecule has 0 saturated carbocycles. The fraction of sp³-hybridized carbons (Fsp3) is 0.208. The minimum atomic E-state index is -0.398. The molecule has 0 aliphatic carbocycles. The fourth-order valence-electron chi connectivity index (χ4n) is 2.03. The number of aromatic hydroxyl groups is 1. The van der Waals surface area contributed by atoms with Crippen LogP contribution in [0.5, 0.6) is 5.75 Å². The predicted molar refractivity (Wildman–Crippen MR) is 113 cm³/mol. The molecule has 0 heterocycles. The van der Waals surface area contributed by atoms with Crippen LogP contribution in [0.4, 0.5) is 0 Å². The summed E-state index contributed by atoms with van der Waals surface area (Å²) < 4.78 is 4.83. The summed E-state index contributed by atoms with van der Waals surface area (Å²) in [6.07, 6.45) is 7.34. The van der Waals surface area contributed by atoms with Gasteiger partial charge in [0.25, 0.3) is 0 Å². The van der Waals surface area contributed by atoms with Crippen LogP contribution in [0.15, 0.2) is 79.4 Å². The van der Waals surface area contributed by atoms with Gasteiger partial charge in [0.1, 0.15) is 11.4 Å². The van der Waals surface area contributed by atoms with Gasteiger partial charge in [0.05, 0.1) is 0 Å². The Morgan fingerprint density at radius 1 is 1.04 bits per heavy atom. The summed E-state index contributed by atoms with van der Waals surface area (Å²) in [4.78, 5) is 10.5. The molecule has 1 N–H and O–H groups in total. The monoisotopic (exact) mass is 364 g/mol. The van der Waals surface area contributed by atoms with Crippen molar-refractivity contribution in [1.29, 1.82) is 0 Å². The highest BCUT2D eigenvalue weighted by Gasteiger charge is 2.12. The third-order valence-corrected chi connectivity index (χ3v) is 3.33. The zero-order valence-electron chi connectivity index (χ0n) is 16.5. The Labute approximate surface area is 162 Å². The van der Waals surface area contributed by atoms with E-state index in [1.54, 1.807) is 12.1 Å². The first-order valence-electron chi connectivity index (χ1n) is 8.76. The molecule has 0 spiro atoms. The summed E-state index contributed by atoms with van der Waals surface area (Å²) in [5.74, 6) is -0.0751. The van der Waals surface area contributed by atoms with Crippen LogP contribution < -0.4 is 0 Å². The Bertz CT molecular complexity index is 777. The number of carbonyl (C=O) groups excluding carboxylic acids is 1. The Kier molecular flexibility index (Phi) is 8.80. The number of allylic oxidation sites excluding steroid dienone is 3. The molecule has 0 unspecified atom stereocenters. The number of esters is 1. The molecule has 0 aliphatic heterocycles. The molecule has 3 heteroatoms. The van der Waals surface area contributed by atoms with Crippen LogP contribution in [-0.2, 0) is 9.53 Å². The van der Waals surface area contributed by atoms with Gasteiger partial charge in [-0.15, -0.1) is 0 Å². The lowest BCUT2D eigenvalue weighted by Gasteiger charge is -2.17. The predicted octanol–water partition coefficient (Wildman–Crippen LogP) is 6.02. The molecule has 0 fully saturated rings. The third-order valence-electron chi connectivity index (χ3n) is 3.33. The van der Waals surface area contributed by atoms with Gasteiger partial charge in [-0.25, -0.2) is 4.79 Å². The van der Waals surface area contributed by atoms with Crippen LogP contribution in [0.1, 0.15) is 38.8 Å². The summed E-state index contributed by atoms with van der Waals surface area (Å²) in [5, 5.41) is 9.23. The van der Waals surface area contributed by atoms with Gasteiger partial charge < -0.3 is 9.84 Å². The van der Waals surface area contributed by atoms with Crippen molar-refractivity contribution in [2.75, 3.05) is 0 Å². The highest BCUT2D eigenvalue weighted by Crippen LogP contribution is 2.17. The number of ether oxygens (including phenoxy) is 1. The zero-order valence-corrected chi connectivity index (χ0v) is 16.5. The third kappa shape index (κ3) is 9.85. The number of phenols is 1.